The number of amides is 1. The van der Waals surface area contributed by atoms with E-state index >= 15 is 0 Å². The molecule has 3 rings (SSSR count). The van der Waals surface area contributed by atoms with Crippen LogP contribution in [0.15, 0.2) is 41.3 Å². The predicted octanol–water partition coefficient (Wildman–Crippen LogP) is 2.30. The Balaban J connectivity index is 1.78. The molecule has 0 atom stereocenters. The second-order valence-electron chi connectivity index (χ2n) is 6.19. The first kappa shape index (κ1) is 16.7. The monoisotopic (exact) mass is 344 g/mol. The number of fused-ring (bicyclic) bond motifs is 1. The summed E-state index contributed by atoms with van der Waals surface area (Å²) in [5, 5.41) is 0. The van der Waals surface area contributed by atoms with Gasteiger partial charge in [-0.1, -0.05) is 29.8 Å². The molecule has 5 nitrogen and oxygen atoms in total. The van der Waals surface area contributed by atoms with Crippen LogP contribution in [0.25, 0.3) is 0 Å². The summed E-state index contributed by atoms with van der Waals surface area (Å²) < 4.78 is 27.6. The van der Waals surface area contributed by atoms with E-state index in [9.17, 15) is 13.2 Å². The highest BCUT2D eigenvalue weighted by atomic mass is 32.2. The molecule has 0 unspecified atom stereocenters. The van der Waals surface area contributed by atoms with E-state index < -0.39 is 10.0 Å². The minimum atomic E-state index is -3.57. The molecular weight excluding hydrogens is 324 g/mol. The quantitative estimate of drug-likeness (QED) is 0.925. The van der Waals surface area contributed by atoms with Gasteiger partial charge in [0.2, 0.25) is 15.9 Å². The molecule has 0 saturated heterocycles. The molecule has 126 valence electrons. The Bertz CT molecular complexity index is 920. The van der Waals surface area contributed by atoms with Crippen LogP contribution < -0.4 is 9.62 Å². The minimum absolute atomic E-state index is 0.0537. The number of likely N-dealkylation sites (N-methyl/N-ethyl adjacent to an activating group) is 1. The van der Waals surface area contributed by atoms with Crippen LogP contribution in [-0.4, -0.2) is 21.4 Å². The van der Waals surface area contributed by atoms with E-state index in [1.807, 2.05) is 31.2 Å². The first-order valence-corrected chi connectivity index (χ1v) is 9.21. The third-order valence-electron chi connectivity index (χ3n) is 4.31. The summed E-state index contributed by atoms with van der Waals surface area (Å²) in [5.74, 6) is 0.0537. The number of aryl methyl sites for hydroxylation is 2. The third kappa shape index (κ3) is 3.07. The van der Waals surface area contributed by atoms with Crippen LogP contribution in [0.4, 0.5) is 5.69 Å². The lowest BCUT2D eigenvalue weighted by Gasteiger charge is -2.12. The molecule has 2 aromatic rings. The van der Waals surface area contributed by atoms with Crippen LogP contribution in [0, 0.1) is 13.8 Å². The lowest BCUT2D eigenvalue weighted by atomic mass is 10.1. The molecular formula is C18H20N2O3S. The molecule has 1 aliphatic heterocycles. The largest absolute Gasteiger partial charge is 0.315 e. The predicted molar refractivity (Wildman–Crippen MR) is 93.5 cm³/mol. The van der Waals surface area contributed by atoms with E-state index in [0.29, 0.717) is 11.3 Å². The fourth-order valence-corrected chi connectivity index (χ4v) is 4.23. The van der Waals surface area contributed by atoms with Gasteiger partial charge in [-0.25, -0.2) is 13.1 Å². The van der Waals surface area contributed by atoms with E-state index in [2.05, 4.69) is 4.72 Å². The maximum absolute atomic E-state index is 12.5. The van der Waals surface area contributed by atoms with Crippen LogP contribution in [0.3, 0.4) is 0 Å². The zero-order chi connectivity index (χ0) is 17.5. The lowest BCUT2D eigenvalue weighted by Crippen LogP contribution is -2.24. The van der Waals surface area contributed by atoms with Crippen molar-refractivity contribution < 1.29 is 13.2 Å². The van der Waals surface area contributed by atoms with Crippen molar-refractivity contribution in [1.29, 1.82) is 0 Å². The van der Waals surface area contributed by atoms with Crippen LogP contribution in [-0.2, 0) is 27.8 Å². The molecule has 0 aromatic heterocycles. The van der Waals surface area contributed by atoms with Gasteiger partial charge in [-0.05, 0) is 42.7 Å². The molecule has 1 amide bonds. The number of nitrogens with one attached hydrogen (secondary N) is 1. The number of carbonyl (C=O) groups is 1. The molecule has 1 N–H and O–H groups in total. The summed E-state index contributed by atoms with van der Waals surface area (Å²) in [7, 11) is -1.82. The van der Waals surface area contributed by atoms with Gasteiger partial charge in [-0.2, -0.15) is 0 Å². The fraction of sp³-hybridized carbons (Fsp3) is 0.278. The van der Waals surface area contributed by atoms with Gasteiger partial charge < -0.3 is 4.90 Å². The van der Waals surface area contributed by atoms with Gasteiger partial charge in [0.1, 0.15) is 0 Å². The third-order valence-corrected chi connectivity index (χ3v) is 5.87. The average Bonchev–Trinajstić information content (AvgIpc) is 2.79. The van der Waals surface area contributed by atoms with Crippen molar-refractivity contribution in [1.82, 2.24) is 4.72 Å². The molecule has 1 aliphatic rings. The fourth-order valence-electron chi connectivity index (χ4n) is 2.99. The summed E-state index contributed by atoms with van der Waals surface area (Å²) in [5.41, 5.74) is 4.42. The van der Waals surface area contributed by atoms with Crippen molar-refractivity contribution in [3.05, 3.63) is 58.7 Å². The summed E-state index contributed by atoms with van der Waals surface area (Å²) in [6.45, 7) is 3.92. The molecule has 1 heterocycles. The second kappa shape index (κ2) is 6.03. The highest BCUT2D eigenvalue weighted by molar-refractivity contribution is 7.89. The van der Waals surface area contributed by atoms with Crippen molar-refractivity contribution >= 4 is 21.6 Å². The van der Waals surface area contributed by atoms with E-state index in [1.165, 1.54) is 0 Å². The number of carbonyl (C=O) groups excluding carboxylic acids is 1. The van der Waals surface area contributed by atoms with E-state index in [-0.39, 0.29) is 12.5 Å². The highest BCUT2D eigenvalue weighted by Crippen LogP contribution is 2.28. The van der Waals surface area contributed by atoms with Crippen molar-refractivity contribution in [3.63, 3.8) is 0 Å². The second-order valence-corrected chi connectivity index (χ2v) is 7.92. The van der Waals surface area contributed by atoms with Crippen molar-refractivity contribution in [3.8, 4) is 0 Å². The van der Waals surface area contributed by atoms with Crippen molar-refractivity contribution in [2.45, 2.75) is 31.7 Å². The molecule has 0 aliphatic carbocycles. The minimum Gasteiger partial charge on any atom is -0.315 e. The van der Waals surface area contributed by atoms with E-state index in [4.69, 9.17) is 0 Å². The molecule has 0 spiro atoms. The van der Waals surface area contributed by atoms with Gasteiger partial charge in [-0.15, -0.1) is 0 Å². The maximum atomic E-state index is 12.5. The van der Waals surface area contributed by atoms with Crippen LogP contribution >= 0.6 is 0 Å². The number of hydrogen-bond donors (Lipinski definition) is 1. The first-order valence-electron chi connectivity index (χ1n) is 7.73. The lowest BCUT2D eigenvalue weighted by molar-refractivity contribution is -0.117. The van der Waals surface area contributed by atoms with Crippen LogP contribution in [0.5, 0.6) is 0 Å². The Morgan fingerprint density at radius 1 is 1.12 bits per heavy atom. The Hall–Kier alpha value is -2.18. The molecule has 0 fully saturated rings. The van der Waals surface area contributed by atoms with Crippen molar-refractivity contribution in [2.24, 2.45) is 0 Å². The number of rotatable bonds is 4. The summed E-state index contributed by atoms with van der Waals surface area (Å²) in [6.07, 6.45) is 0.365. The van der Waals surface area contributed by atoms with Crippen molar-refractivity contribution in [2.75, 3.05) is 11.9 Å². The highest BCUT2D eigenvalue weighted by Gasteiger charge is 2.24. The summed E-state index contributed by atoms with van der Waals surface area (Å²) in [6, 6.07) is 10.9. The molecule has 0 bridgehead atoms. The van der Waals surface area contributed by atoms with Gasteiger partial charge in [-0.3, -0.25) is 4.79 Å². The van der Waals surface area contributed by atoms with Gasteiger partial charge in [0.25, 0.3) is 0 Å². The van der Waals surface area contributed by atoms with Crippen LogP contribution in [0.2, 0.25) is 0 Å². The van der Waals surface area contributed by atoms with E-state index in [0.717, 1.165) is 27.9 Å². The number of anilines is 1. The van der Waals surface area contributed by atoms with Gasteiger partial charge in [0.05, 0.1) is 11.3 Å². The van der Waals surface area contributed by atoms with Gasteiger partial charge in [0.15, 0.2) is 0 Å². The number of nitrogens with zero attached hydrogens (tertiary/aromatic N) is 1. The molecule has 24 heavy (non-hydrogen) atoms. The Labute approximate surface area is 142 Å². The topological polar surface area (TPSA) is 66.5 Å². The summed E-state index contributed by atoms with van der Waals surface area (Å²) >= 11 is 0. The SMILES string of the molecule is Cc1ccc(S(=O)(=O)NCc2ccc3c(c2)CC(=O)N3C)c(C)c1. The van der Waals surface area contributed by atoms with Gasteiger partial charge >= 0.3 is 0 Å². The summed E-state index contributed by atoms with van der Waals surface area (Å²) in [4.78, 5) is 13.6. The standard InChI is InChI=1S/C18H20N2O3S/c1-12-4-7-17(13(2)8-12)24(22,23)19-11-14-5-6-16-15(9-14)10-18(21)20(16)3/h4-9,19H,10-11H2,1-3H3. The molecule has 0 radical (unpaired) electrons. The zero-order valence-electron chi connectivity index (χ0n) is 14.0. The Morgan fingerprint density at radius 3 is 2.58 bits per heavy atom. The van der Waals surface area contributed by atoms with Crippen LogP contribution in [0.1, 0.15) is 22.3 Å². The Morgan fingerprint density at radius 2 is 1.88 bits per heavy atom. The molecule has 2 aromatic carbocycles. The number of sulfonamides is 1. The van der Waals surface area contributed by atoms with E-state index in [1.54, 1.807) is 31.0 Å². The average molecular weight is 344 g/mol. The maximum Gasteiger partial charge on any atom is 0.241 e. The molecule has 0 saturated carbocycles. The first-order chi connectivity index (χ1) is 11.3. The Kier molecular flexibility index (Phi) is 4.19. The molecule has 6 heteroatoms. The normalized spacial score (nSPS) is 14.1. The number of benzene rings is 2. The smallest absolute Gasteiger partial charge is 0.241 e. The van der Waals surface area contributed by atoms with Gasteiger partial charge in [0, 0.05) is 19.3 Å². The zero-order valence-corrected chi connectivity index (χ0v) is 14.8. The number of hydrogen-bond acceptors (Lipinski definition) is 3.